The Morgan fingerprint density at radius 1 is 1.00 bits per heavy atom. The molecule has 0 heterocycles. The Morgan fingerprint density at radius 3 is 1.95 bits per heavy atom. The van der Waals surface area contributed by atoms with Crippen LogP contribution < -0.4 is 0 Å². The molecule has 0 amide bonds. The third kappa shape index (κ3) is 5.33. The number of halogens is 1. The first-order chi connectivity index (χ1) is 9.49. The molecule has 0 saturated carbocycles. The van der Waals surface area contributed by atoms with E-state index in [9.17, 15) is 8.42 Å². The number of hydrogen-bond donors (Lipinski definition) is 0. The molecule has 0 aliphatic rings. The van der Waals surface area contributed by atoms with Gasteiger partial charge in [0.25, 0.3) is 10.1 Å². The van der Waals surface area contributed by atoms with Crippen molar-refractivity contribution in [2.24, 2.45) is 0 Å². The predicted octanol–water partition coefficient (Wildman–Crippen LogP) is 3.76. The van der Waals surface area contributed by atoms with Crippen molar-refractivity contribution in [1.82, 2.24) is 0 Å². The van der Waals surface area contributed by atoms with Crippen LogP contribution in [0, 0.1) is 6.92 Å². The zero-order valence-electron chi connectivity index (χ0n) is 11.4. The molecule has 0 saturated heterocycles. The van der Waals surface area contributed by atoms with E-state index in [4.69, 9.17) is 11.6 Å². The molecule has 2 rings (SSSR count). The molecule has 0 atom stereocenters. The fraction of sp³-hybridized carbons (Fsp3) is 0.200. The van der Waals surface area contributed by atoms with E-state index in [0.717, 1.165) is 12.7 Å². The molecule has 2 aromatic rings. The summed E-state index contributed by atoms with van der Waals surface area (Å²) in [6.45, 7) is 1.89. The molecule has 20 heavy (non-hydrogen) atoms. The molecule has 3 nitrogen and oxygen atoms in total. The smallest absolute Gasteiger partial charge is 0.270 e. The van der Waals surface area contributed by atoms with E-state index >= 15 is 0 Å². The molecule has 0 N–H and O–H groups in total. The quantitative estimate of drug-likeness (QED) is 0.640. The predicted molar refractivity (Wildman–Crippen MR) is 81.4 cm³/mol. The number of aryl methyl sites for hydroxylation is 1. The van der Waals surface area contributed by atoms with Gasteiger partial charge in [0, 0.05) is 5.88 Å². The molecule has 0 spiro atoms. The standard InChI is InChI=1S/C8H10O3S.C7H7Cl/c1-7-3-5-8(6-4-7)12(9,10)11-2;8-6-7-4-2-1-3-5-7/h3-6H,1-2H3;1-5H,6H2. The molecule has 0 unspecified atom stereocenters. The number of benzene rings is 2. The SMILES string of the molecule is COS(=O)(=O)c1ccc(C)cc1.ClCc1ccccc1. The lowest BCUT2D eigenvalue weighted by Crippen LogP contribution is -2.02. The summed E-state index contributed by atoms with van der Waals surface area (Å²) in [7, 11) is -2.37. The zero-order chi connectivity index (χ0) is 15.0. The Labute approximate surface area is 125 Å². The number of rotatable bonds is 3. The first-order valence-corrected chi connectivity index (χ1v) is 7.91. The molecule has 0 radical (unpaired) electrons. The van der Waals surface area contributed by atoms with Gasteiger partial charge < -0.3 is 0 Å². The van der Waals surface area contributed by atoms with Gasteiger partial charge in [0.05, 0.1) is 12.0 Å². The van der Waals surface area contributed by atoms with Crippen molar-refractivity contribution < 1.29 is 12.6 Å². The molecule has 0 bridgehead atoms. The maximum absolute atomic E-state index is 11.1. The van der Waals surface area contributed by atoms with Crippen LogP contribution in [0.15, 0.2) is 59.5 Å². The highest BCUT2D eigenvalue weighted by Crippen LogP contribution is 2.11. The van der Waals surface area contributed by atoms with E-state index in [-0.39, 0.29) is 4.90 Å². The van der Waals surface area contributed by atoms with Crippen molar-refractivity contribution >= 4 is 21.7 Å². The van der Waals surface area contributed by atoms with Gasteiger partial charge >= 0.3 is 0 Å². The maximum Gasteiger partial charge on any atom is 0.296 e. The van der Waals surface area contributed by atoms with E-state index in [0.29, 0.717) is 5.88 Å². The van der Waals surface area contributed by atoms with E-state index < -0.39 is 10.1 Å². The normalized spacial score (nSPS) is 10.6. The van der Waals surface area contributed by atoms with Crippen molar-refractivity contribution in [3.63, 3.8) is 0 Å². The Morgan fingerprint density at radius 2 is 1.55 bits per heavy atom. The molecule has 0 aromatic heterocycles. The molecular weight excluding hydrogens is 296 g/mol. The Balaban J connectivity index is 0.000000217. The number of alkyl halides is 1. The largest absolute Gasteiger partial charge is 0.296 e. The van der Waals surface area contributed by atoms with Crippen molar-refractivity contribution in [2.45, 2.75) is 17.7 Å². The van der Waals surface area contributed by atoms with Crippen LogP contribution >= 0.6 is 11.6 Å². The van der Waals surface area contributed by atoms with Gasteiger partial charge in [-0.3, -0.25) is 4.18 Å². The average Bonchev–Trinajstić information content (AvgIpc) is 2.49. The third-order valence-electron chi connectivity index (χ3n) is 2.53. The summed E-state index contributed by atoms with van der Waals surface area (Å²) in [5, 5.41) is 0. The zero-order valence-corrected chi connectivity index (χ0v) is 13.0. The Bertz CT molecular complexity index is 607. The molecule has 0 fully saturated rings. The van der Waals surface area contributed by atoms with Crippen LogP contribution in [-0.4, -0.2) is 15.5 Å². The van der Waals surface area contributed by atoms with Gasteiger partial charge in [-0.05, 0) is 24.6 Å². The summed E-state index contributed by atoms with van der Waals surface area (Å²) in [5.41, 5.74) is 2.19. The molecule has 2 aromatic carbocycles. The summed E-state index contributed by atoms with van der Waals surface area (Å²) < 4.78 is 26.5. The van der Waals surface area contributed by atoms with Crippen molar-refractivity contribution in [2.75, 3.05) is 7.11 Å². The fourth-order valence-corrected chi connectivity index (χ4v) is 2.21. The Kier molecular flexibility index (Phi) is 6.71. The van der Waals surface area contributed by atoms with Gasteiger partial charge in [-0.15, -0.1) is 11.6 Å². The second-order valence-corrected chi connectivity index (χ2v) is 6.03. The molecule has 5 heteroatoms. The fourth-order valence-electron chi connectivity index (χ4n) is 1.37. The van der Waals surface area contributed by atoms with Crippen LogP contribution in [0.1, 0.15) is 11.1 Å². The lowest BCUT2D eigenvalue weighted by atomic mass is 10.2. The van der Waals surface area contributed by atoms with Gasteiger partial charge in [0.15, 0.2) is 0 Å². The second-order valence-electron chi connectivity index (χ2n) is 4.05. The summed E-state index contributed by atoms with van der Waals surface area (Å²) in [6, 6.07) is 16.5. The van der Waals surface area contributed by atoms with E-state index in [2.05, 4.69) is 4.18 Å². The maximum atomic E-state index is 11.1. The molecule has 0 aliphatic carbocycles. The highest BCUT2D eigenvalue weighted by atomic mass is 35.5. The highest BCUT2D eigenvalue weighted by Gasteiger charge is 2.10. The lowest BCUT2D eigenvalue weighted by Gasteiger charge is -2.00. The van der Waals surface area contributed by atoms with Crippen LogP contribution in [-0.2, 0) is 20.2 Å². The van der Waals surface area contributed by atoms with Crippen LogP contribution in [0.5, 0.6) is 0 Å². The lowest BCUT2D eigenvalue weighted by molar-refractivity contribution is 0.398. The van der Waals surface area contributed by atoms with Gasteiger partial charge in [-0.1, -0.05) is 48.0 Å². The molecule has 0 aliphatic heterocycles. The van der Waals surface area contributed by atoms with E-state index in [1.165, 1.54) is 17.7 Å². The minimum atomic E-state index is -3.51. The van der Waals surface area contributed by atoms with Crippen LogP contribution in [0.4, 0.5) is 0 Å². The molecular formula is C15H17ClO3S. The van der Waals surface area contributed by atoms with Crippen LogP contribution in [0.3, 0.4) is 0 Å². The average molecular weight is 313 g/mol. The Hall–Kier alpha value is -1.36. The van der Waals surface area contributed by atoms with Crippen molar-refractivity contribution in [3.8, 4) is 0 Å². The van der Waals surface area contributed by atoms with Crippen LogP contribution in [0.2, 0.25) is 0 Å². The van der Waals surface area contributed by atoms with E-state index in [1.807, 2.05) is 37.3 Å². The minimum Gasteiger partial charge on any atom is -0.270 e. The number of hydrogen-bond acceptors (Lipinski definition) is 3. The van der Waals surface area contributed by atoms with E-state index in [1.54, 1.807) is 12.1 Å². The van der Waals surface area contributed by atoms with Gasteiger partial charge in [-0.25, -0.2) is 0 Å². The second kappa shape index (κ2) is 8.04. The monoisotopic (exact) mass is 312 g/mol. The summed E-state index contributed by atoms with van der Waals surface area (Å²) in [4.78, 5) is 0.190. The van der Waals surface area contributed by atoms with Gasteiger partial charge in [0.2, 0.25) is 0 Å². The van der Waals surface area contributed by atoms with Crippen molar-refractivity contribution in [1.29, 1.82) is 0 Å². The molecule has 108 valence electrons. The topological polar surface area (TPSA) is 43.4 Å². The minimum absolute atomic E-state index is 0.190. The summed E-state index contributed by atoms with van der Waals surface area (Å²) >= 11 is 5.53. The third-order valence-corrected chi connectivity index (χ3v) is 4.12. The first-order valence-electron chi connectivity index (χ1n) is 5.97. The summed E-state index contributed by atoms with van der Waals surface area (Å²) in [6.07, 6.45) is 0. The summed E-state index contributed by atoms with van der Waals surface area (Å²) in [5.74, 6) is 0.612. The highest BCUT2D eigenvalue weighted by molar-refractivity contribution is 7.86. The van der Waals surface area contributed by atoms with Gasteiger partial charge in [-0.2, -0.15) is 8.42 Å². The van der Waals surface area contributed by atoms with Gasteiger partial charge in [0.1, 0.15) is 0 Å². The van der Waals surface area contributed by atoms with Crippen molar-refractivity contribution in [3.05, 3.63) is 65.7 Å². The first kappa shape index (κ1) is 16.7. The van der Waals surface area contributed by atoms with Crippen LogP contribution in [0.25, 0.3) is 0 Å².